The Morgan fingerprint density at radius 1 is 1.20 bits per heavy atom. The molecule has 1 aliphatic heterocycles. The SMILES string of the molecule is CC(C)n1ccnc1[C@H]1CCCN(c2ccc3cccc(Cl)c3n2)C1. The second-order valence-corrected chi connectivity index (χ2v) is 7.46. The second-order valence-electron chi connectivity index (χ2n) is 7.05. The van der Waals surface area contributed by atoms with E-state index in [2.05, 4.69) is 52.7 Å². The average Bonchev–Trinajstić information content (AvgIpc) is 3.12. The lowest BCUT2D eigenvalue weighted by Gasteiger charge is -2.34. The van der Waals surface area contributed by atoms with E-state index in [-0.39, 0.29) is 0 Å². The van der Waals surface area contributed by atoms with Crippen LogP contribution in [0.25, 0.3) is 10.9 Å². The first-order valence-electron chi connectivity index (χ1n) is 8.96. The summed E-state index contributed by atoms with van der Waals surface area (Å²) >= 11 is 6.34. The molecule has 3 aromatic rings. The molecule has 0 radical (unpaired) electrons. The zero-order valence-electron chi connectivity index (χ0n) is 14.7. The van der Waals surface area contributed by atoms with Gasteiger partial charge in [-0.15, -0.1) is 0 Å². The third kappa shape index (κ3) is 3.11. The molecule has 3 heterocycles. The zero-order chi connectivity index (χ0) is 17.4. The van der Waals surface area contributed by atoms with Crippen LogP contribution in [0.1, 0.15) is 44.5 Å². The Bertz CT molecular complexity index is 886. The van der Waals surface area contributed by atoms with Gasteiger partial charge in [-0.3, -0.25) is 0 Å². The molecule has 1 saturated heterocycles. The first kappa shape index (κ1) is 16.4. The summed E-state index contributed by atoms with van der Waals surface area (Å²) in [6.45, 7) is 6.39. The van der Waals surface area contributed by atoms with Gasteiger partial charge in [-0.25, -0.2) is 9.97 Å². The van der Waals surface area contributed by atoms with Gasteiger partial charge in [-0.2, -0.15) is 0 Å². The Morgan fingerprint density at radius 3 is 2.92 bits per heavy atom. The maximum absolute atomic E-state index is 6.34. The highest BCUT2D eigenvalue weighted by molar-refractivity contribution is 6.35. The number of aromatic nitrogens is 3. The molecule has 4 rings (SSSR count). The van der Waals surface area contributed by atoms with Crippen LogP contribution in [-0.2, 0) is 0 Å². The topological polar surface area (TPSA) is 34.0 Å². The number of imidazole rings is 1. The number of nitrogens with zero attached hydrogens (tertiary/aromatic N) is 4. The summed E-state index contributed by atoms with van der Waals surface area (Å²) in [5.41, 5.74) is 0.882. The molecule has 2 aromatic heterocycles. The number of piperidine rings is 1. The summed E-state index contributed by atoms with van der Waals surface area (Å²) in [5.74, 6) is 2.64. The van der Waals surface area contributed by atoms with Crippen LogP contribution in [0.3, 0.4) is 0 Å². The van der Waals surface area contributed by atoms with Crippen LogP contribution in [0.2, 0.25) is 5.02 Å². The molecule has 0 aliphatic carbocycles. The fourth-order valence-electron chi connectivity index (χ4n) is 3.75. The lowest BCUT2D eigenvalue weighted by Crippen LogP contribution is -2.36. The Hall–Kier alpha value is -2.07. The number of rotatable bonds is 3. The number of hydrogen-bond acceptors (Lipinski definition) is 3. The van der Waals surface area contributed by atoms with Crippen LogP contribution in [0, 0.1) is 0 Å². The summed E-state index contributed by atoms with van der Waals surface area (Å²) in [4.78, 5) is 11.9. The van der Waals surface area contributed by atoms with Gasteiger partial charge in [0, 0.05) is 42.8 Å². The molecule has 25 heavy (non-hydrogen) atoms. The molecule has 0 saturated carbocycles. The molecule has 0 spiro atoms. The highest BCUT2D eigenvalue weighted by Gasteiger charge is 2.26. The van der Waals surface area contributed by atoms with Crippen LogP contribution < -0.4 is 4.90 Å². The van der Waals surface area contributed by atoms with Crippen molar-refractivity contribution in [1.82, 2.24) is 14.5 Å². The zero-order valence-corrected chi connectivity index (χ0v) is 15.4. The van der Waals surface area contributed by atoms with Crippen LogP contribution >= 0.6 is 11.6 Å². The first-order valence-corrected chi connectivity index (χ1v) is 9.34. The van der Waals surface area contributed by atoms with E-state index in [0.717, 1.165) is 36.2 Å². The Kier molecular flexibility index (Phi) is 4.38. The molecule has 1 atom stereocenters. The molecule has 1 aromatic carbocycles. The molecule has 0 bridgehead atoms. The third-order valence-electron chi connectivity index (χ3n) is 5.02. The Morgan fingerprint density at radius 2 is 2.08 bits per heavy atom. The van der Waals surface area contributed by atoms with Gasteiger partial charge in [-0.05, 0) is 44.9 Å². The molecule has 0 unspecified atom stereocenters. The van der Waals surface area contributed by atoms with Crippen LogP contribution in [0.5, 0.6) is 0 Å². The monoisotopic (exact) mass is 354 g/mol. The molecule has 1 aliphatic rings. The average molecular weight is 355 g/mol. The van der Waals surface area contributed by atoms with Gasteiger partial charge in [0.15, 0.2) is 0 Å². The number of halogens is 1. The summed E-state index contributed by atoms with van der Waals surface area (Å²) in [6, 6.07) is 10.6. The largest absolute Gasteiger partial charge is 0.356 e. The molecule has 0 N–H and O–H groups in total. The molecule has 5 heteroatoms. The van der Waals surface area contributed by atoms with Crippen LogP contribution in [-0.4, -0.2) is 27.6 Å². The number of pyridine rings is 1. The predicted molar refractivity (Wildman–Crippen MR) is 104 cm³/mol. The van der Waals surface area contributed by atoms with E-state index in [1.54, 1.807) is 0 Å². The maximum Gasteiger partial charge on any atom is 0.129 e. The third-order valence-corrected chi connectivity index (χ3v) is 5.33. The van der Waals surface area contributed by atoms with Gasteiger partial charge < -0.3 is 9.47 Å². The highest BCUT2D eigenvalue weighted by atomic mass is 35.5. The molecule has 130 valence electrons. The van der Waals surface area contributed by atoms with Crippen molar-refractivity contribution < 1.29 is 0 Å². The highest BCUT2D eigenvalue weighted by Crippen LogP contribution is 2.31. The molecular weight excluding hydrogens is 332 g/mol. The standard InChI is InChI=1S/C20H23ClN4/c1-14(2)25-12-10-22-20(25)16-6-4-11-24(13-16)18-9-8-15-5-3-7-17(21)19(15)23-18/h3,5,7-10,12,14,16H,4,6,11,13H2,1-2H3/t16-/m0/s1. The number of hydrogen-bond donors (Lipinski definition) is 0. The van der Waals surface area contributed by atoms with Gasteiger partial charge in [0.1, 0.15) is 11.6 Å². The summed E-state index contributed by atoms with van der Waals surface area (Å²) < 4.78 is 2.29. The smallest absolute Gasteiger partial charge is 0.129 e. The van der Waals surface area contributed by atoms with Crippen molar-refractivity contribution in [2.24, 2.45) is 0 Å². The first-order chi connectivity index (χ1) is 12.1. The second kappa shape index (κ2) is 6.68. The van der Waals surface area contributed by atoms with Crippen molar-refractivity contribution in [2.75, 3.05) is 18.0 Å². The van der Waals surface area contributed by atoms with Gasteiger partial charge in [0.25, 0.3) is 0 Å². The van der Waals surface area contributed by atoms with Gasteiger partial charge in [0.05, 0.1) is 10.5 Å². The number of para-hydroxylation sites is 1. The van der Waals surface area contributed by atoms with E-state index in [9.17, 15) is 0 Å². The van der Waals surface area contributed by atoms with E-state index >= 15 is 0 Å². The number of fused-ring (bicyclic) bond motifs is 1. The van der Waals surface area contributed by atoms with E-state index in [1.165, 1.54) is 12.2 Å². The summed E-state index contributed by atoms with van der Waals surface area (Å²) in [5, 5.41) is 1.79. The Labute approximate surface area is 153 Å². The van der Waals surface area contributed by atoms with E-state index in [4.69, 9.17) is 16.6 Å². The predicted octanol–water partition coefficient (Wildman–Crippen LogP) is 5.05. The van der Waals surface area contributed by atoms with Crippen molar-refractivity contribution in [1.29, 1.82) is 0 Å². The van der Waals surface area contributed by atoms with Gasteiger partial charge in [0.2, 0.25) is 0 Å². The molecule has 1 fully saturated rings. The van der Waals surface area contributed by atoms with Crippen molar-refractivity contribution in [2.45, 2.75) is 38.6 Å². The molecular formula is C20H23ClN4. The van der Waals surface area contributed by atoms with Gasteiger partial charge in [-0.1, -0.05) is 23.7 Å². The minimum atomic E-state index is 0.436. The lowest BCUT2D eigenvalue weighted by atomic mass is 9.96. The minimum Gasteiger partial charge on any atom is -0.356 e. The fourth-order valence-corrected chi connectivity index (χ4v) is 3.97. The van der Waals surface area contributed by atoms with E-state index < -0.39 is 0 Å². The lowest BCUT2D eigenvalue weighted by molar-refractivity contribution is 0.453. The normalized spacial score (nSPS) is 18.2. The fraction of sp³-hybridized carbons (Fsp3) is 0.400. The van der Waals surface area contributed by atoms with Crippen LogP contribution in [0.4, 0.5) is 5.82 Å². The van der Waals surface area contributed by atoms with Crippen LogP contribution in [0.15, 0.2) is 42.7 Å². The number of benzene rings is 1. The molecule has 4 nitrogen and oxygen atoms in total. The van der Waals surface area contributed by atoms with Gasteiger partial charge >= 0.3 is 0 Å². The quantitative estimate of drug-likeness (QED) is 0.660. The maximum atomic E-state index is 6.34. The number of anilines is 1. The van der Waals surface area contributed by atoms with Crippen molar-refractivity contribution in [3.63, 3.8) is 0 Å². The minimum absolute atomic E-state index is 0.436. The summed E-state index contributed by atoms with van der Waals surface area (Å²) in [7, 11) is 0. The Balaban J connectivity index is 1.63. The van der Waals surface area contributed by atoms with E-state index in [0.29, 0.717) is 17.0 Å². The van der Waals surface area contributed by atoms with Crippen molar-refractivity contribution in [3.05, 3.63) is 53.6 Å². The van der Waals surface area contributed by atoms with Crippen molar-refractivity contribution in [3.8, 4) is 0 Å². The van der Waals surface area contributed by atoms with Crippen molar-refractivity contribution >= 4 is 28.3 Å². The molecule has 0 amide bonds. The van der Waals surface area contributed by atoms with E-state index in [1.807, 2.05) is 18.3 Å². The summed E-state index contributed by atoms with van der Waals surface area (Å²) in [6.07, 6.45) is 6.34.